The maximum atomic E-state index is 13.1. The zero-order valence-electron chi connectivity index (χ0n) is 18.8. The van der Waals surface area contributed by atoms with Crippen molar-refractivity contribution in [3.8, 4) is 0 Å². The van der Waals surface area contributed by atoms with Gasteiger partial charge in [0, 0.05) is 61.6 Å². The van der Waals surface area contributed by atoms with Gasteiger partial charge in [0.15, 0.2) is 0 Å². The minimum absolute atomic E-state index is 0.154. The number of aromatic nitrogens is 1. The monoisotopic (exact) mass is 514 g/mol. The largest absolute Gasteiger partial charge is 0.367 e. The summed E-state index contributed by atoms with van der Waals surface area (Å²) < 4.78 is 0. The van der Waals surface area contributed by atoms with Crippen molar-refractivity contribution in [1.29, 1.82) is 0 Å². The van der Waals surface area contributed by atoms with E-state index in [1.165, 1.54) is 6.20 Å². The Morgan fingerprint density at radius 2 is 1.68 bits per heavy atom. The molecule has 1 aromatic heterocycles. The summed E-state index contributed by atoms with van der Waals surface area (Å²) in [6, 6.07) is 16.7. The third kappa shape index (κ3) is 6.10. The Morgan fingerprint density at radius 3 is 2.38 bits per heavy atom. The number of carbonyl (C=O) groups is 1. The zero-order chi connectivity index (χ0) is 24.1. The van der Waals surface area contributed by atoms with Gasteiger partial charge in [-0.25, -0.2) is 4.98 Å². The van der Waals surface area contributed by atoms with Crippen LogP contribution in [0.2, 0.25) is 15.2 Å². The summed E-state index contributed by atoms with van der Waals surface area (Å²) >= 11 is 18.3. The lowest BCUT2D eigenvalue weighted by atomic mass is 10.1. The summed E-state index contributed by atoms with van der Waals surface area (Å²) in [6.45, 7) is 4.37. The topological polar surface area (TPSA) is 39.7 Å². The Bertz CT molecular complexity index is 1170. The van der Waals surface area contributed by atoms with Gasteiger partial charge in [0.1, 0.15) is 5.15 Å². The summed E-state index contributed by atoms with van der Waals surface area (Å²) in [5.41, 5.74) is 3.37. The molecule has 8 heteroatoms. The van der Waals surface area contributed by atoms with Gasteiger partial charge in [-0.1, -0.05) is 59.1 Å². The minimum atomic E-state index is -0.154. The van der Waals surface area contributed by atoms with Crippen molar-refractivity contribution < 1.29 is 4.79 Å². The van der Waals surface area contributed by atoms with E-state index in [1.54, 1.807) is 24.1 Å². The van der Waals surface area contributed by atoms with Crippen LogP contribution in [0.15, 0.2) is 66.9 Å². The number of piperazine rings is 1. The van der Waals surface area contributed by atoms with E-state index >= 15 is 0 Å². The predicted molar refractivity (Wildman–Crippen MR) is 143 cm³/mol. The smallest absolute Gasteiger partial charge is 0.258 e. The number of hydrogen-bond donors (Lipinski definition) is 0. The number of amides is 1. The van der Waals surface area contributed by atoms with Crippen molar-refractivity contribution >= 4 is 58.2 Å². The summed E-state index contributed by atoms with van der Waals surface area (Å²) in [5, 5.41) is 1.67. The second-order valence-corrected chi connectivity index (χ2v) is 9.37. The highest BCUT2D eigenvalue weighted by atomic mass is 35.5. The van der Waals surface area contributed by atoms with Gasteiger partial charge >= 0.3 is 0 Å². The van der Waals surface area contributed by atoms with Crippen molar-refractivity contribution in [2.45, 2.75) is 0 Å². The summed E-state index contributed by atoms with van der Waals surface area (Å²) in [7, 11) is 1.77. The first-order chi connectivity index (χ1) is 16.4. The van der Waals surface area contributed by atoms with Crippen molar-refractivity contribution in [3.05, 3.63) is 93.2 Å². The molecule has 5 nitrogen and oxygen atoms in total. The molecule has 0 N–H and O–H groups in total. The summed E-state index contributed by atoms with van der Waals surface area (Å²) in [5.74, 6) is -0.154. The maximum Gasteiger partial charge on any atom is 0.258 e. The number of rotatable bonds is 6. The van der Waals surface area contributed by atoms with Crippen molar-refractivity contribution in [1.82, 2.24) is 9.88 Å². The number of nitrogens with zero attached hydrogens (tertiary/aromatic N) is 4. The molecule has 1 aliphatic rings. The van der Waals surface area contributed by atoms with E-state index in [9.17, 15) is 4.79 Å². The van der Waals surface area contributed by atoms with E-state index in [4.69, 9.17) is 34.8 Å². The Labute approximate surface area is 215 Å². The second-order valence-electron chi connectivity index (χ2n) is 8.11. The van der Waals surface area contributed by atoms with E-state index < -0.39 is 0 Å². The van der Waals surface area contributed by atoms with Gasteiger partial charge in [-0.05, 0) is 48.0 Å². The van der Waals surface area contributed by atoms with E-state index in [0.29, 0.717) is 10.6 Å². The molecule has 4 rings (SSSR count). The van der Waals surface area contributed by atoms with Crippen LogP contribution in [0.25, 0.3) is 6.08 Å². The van der Waals surface area contributed by atoms with Crippen LogP contribution in [0.5, 0.6) is 0 Å². The van der Waals surface area contributed by atoms with Gasteiger partial charge in [-0.15, -0.1) is 0 Å². The summed E-state index contributed by atoms with van der Waals surface area (Å²) in [6.07, 6.45) is 5.83. The lowest BCUT2D eigenvalue weighted by Gasteiger charge is -2.37. The molecule has 0 saturated carbocycles. The average molecular weight is 516 g/mol. The Morgan fingerprint density at radius 1 is 0.971 bits per heavy atom. The van der Waals surface area contributed by atoms with E-state index in [-0.39, 0.29) is 11.1 Å². The van der Waals surface area contributed by atoms with Gasteiger partial charge in [0.25, 0.3) is 5.91 Å². The molecule has 2 heterocycles. The minimum Gasteiger partial charge on any atom is -0.367 e. The quantitative estimate of drug-likeness (QED) is 0.369. The van der Waals surface area contributed by atoms with Gasteiger partial charge in [-0.2, -0.15) is 0 Å². The molecule has 0 spiro atoms. The van der Waals surface area contributed by atoms with Crippen LogP contribution in [0.1, 0.15) is 15.9 Å². The molecule has 0 aliphatic carbocycles. The highest BCUT2D eigenvalue weighted by molar-refractivity contribution is 6.31. The number of anilines is 2. The molecule has 0 atom stereocenters. The molecular weight excluding hydrogens is 491 g/mol. The first-order valence-electron chi connectivity index (χ1n) is 11.0. The number of carbonyl (C=O) groups excluding carboxylic acids is 1. The standard InChI is InChI=1S/C26H25Cl3N4O/c1-31(26(34)20-10-11-30-25(29)17-20)23-9-8-22(28)18-24(23)33-15-13-32(14-16-33)12-2-3-19-4-6-21(27)7-5-19/h2-11,17-18H,12-16H2,1H3/b3-2+. The molecule has 1 saturated heterocycles. The van der Waals surface area contributed by atoms with Crippen LogP contribution < -0.4 is 9.80 Å². The third-order valence-corrected chi connectivity index (χ3v) is 6.53. The maximum absolute atomic E-state index is 13.1. The van der Waals surface area contributed by atoms with Crippen LogP contribution in [0.3, 0.4) is 0 Å². The van der Waals surface area contributed by atoms with E-state index in [2.05, 4.69) is 26.9 Å². The normalized spacial score (nSPS) is 14.5. The predicted octanol–water partition coefficient (Wildman–Crippen LogP) is 6.15. The Kier molecular flexibility index (Phi) is 8.11. The Balaban J connectivity index is 1.42. The lowest BCUT2D eigenvalue weighted by Crippen LogP contribution is -2.46. The Hall–Kier alpha value is -2.57. The van der Waals surface area contributed by atoms with E-state index in [0.717, 1.165) is 54.7 Å². The second kappa shape index (κ2) is 11.2. The summed E-state index contributed by atoms with van der Waals surface area (Å²) in [4.78, 5) is 23.4. The molecule has 0 bridgehead atoms. The molecule has 3 aromatic rings. The first kappa shape index (κ1) is 24.6. The molecule has 1 amide bonds. The number of hydrogen-bond acceptors (Lipinski definition) is 4. The van der Waals surface area contributed by atoms with Crippen LogP contribution in [-0.2, 0) is 0 Å². The average Bonchev–Trinajstić information content (AvgIpc) is 2.85. The zero-order valence-corrected chi connectivity index (χ0v) is 21.1. The van der Waals surface area contributed by atoms with Crippen LogP contribution in [0.4, 0.5) is 11.4 Å². The SMILES string of the molecule is CN(C(=O)c1ccnc(Cl)c1)c1ccc(Cl)cc1N1CCN(C/C=C/c2ccc(Cl)cc2)CC1. The fourth-order valence-corrected chi connectivity index (χ4v) is 4.42. The molecule has 1 fully saturated rings. The van der Waals surface area contributed by atoms with Gasteiger partial charge in [-0.3, -0.25) is 9.69 Å². The van der Waals surface area contributed by atoms with E-state index in [1.807, 2.05) is 42.5 Å². The fraction of sp³-hybridized carbons (Fsp3) is 0.231. The lowest BCUT2D eigenvalue weighted by molar-refractivity contribution is 0.0993. The molecule has 0 unspecified atom stereocenters. The van der Waals surface area contributed by atoms with Gasteiger partial charge in [0.2, 0.25) is 0 Å². The van der Waals surface area contributed by atoms with Crippen LogP contribution in [-0.4, -0.2) is 55.6 Å². The van der Waals surface area contributed by atoms with Crippen LogP contribution in [0, 0.1) is 0 Å². The fourth-order valence-electron chi connectivity index (χ4n) is 3.96. The van der Waals surface area contributed by atoms with Gasteiger partial charge in [0.05, 0.1) is 11.4 Å². The number of benzene rings is 2. The molecule has 0 radical (unpaired) electrons. The molecule has 34 heavy (non-hydrogen) atoms. The van der Waals surface area contributed by atoms with Crippen LogP contribution >= 0.6 is 34.8 Å². The highest BCUT2D eigenvalue weighted by Crippen LogP contribution is 2.33. The number of pyridine rings is 1. The molecular formula is C26H25Cl3N4O. The van der Waals surface area contributed by atoms with Gasteiger partial charge < -0.3 is 9.80 Å². The highest BCUT2D eigenvalue weighted by Gasteiger charge is 2.23. The first-order valence-corrected chi connectivity index (χ1v) is 12.1. The third-order valence-electron chi connectivity index (χ3n) is 5.83. The molecule has 176 valence electrons. The molecule has 1 aliphatic heterocycles. The van der Waals surface area contributed by atoms with Crippen molar-refractivity contribution in [2.24, 2.45) is 0 Å². The van der Waals surface area contributed by atoms with Crippen molar-refractivity contribution in [2.75, 3.05) is 49.6 Å². The number of halogens is 3. The van der Waals surface area contributed by atoms with Crippen molar-refractivity contribution in [3.63, 3.8) is 0 Å². The molecule has 2 aromatic carbocycles.